The van der Waals surface area contributed by atoms with Crippen molar-refractivity contribution in [1.29, 1.82) is 0 Å². The molecule has 1 unspecified atom stereocenters. The van der Waals surface area contributed by atoms with Crippen LogP contribution in [0.5, 0.6) is 0 Å². The number of carbonyl (C=O) groups excluding carboxylic acids is 2. The minimum Gasteiger partial charge on any atom is -0.343 e. The zero-order chi connectivity index (χ0) is 20.3. The summed E-state index contributed by atoms with van der Waals surface area (Å²) in [7, 11) is 1.68. The maximum Gasteiger partial charge on any atom is 0.249 e. The van der Waals surface area contributed by atoms with E-state index in [0.29, 0.717) is 23.4 Å². The summed E-state index contributed by atoms with van der Waals surface area (Å²) in [6.07, 6.45) is 1.11. The summed E-state index contributed by atoms with van der Waals surface area (Å²) < 4.78 is 14.3. The van der Waals surface area contributed by atoms with Crippen molar-refractivity contribution in [2.45, 2.75) is 38.4 Å². The highest BCUT2D eigenvalue weighted by Gasteiger charge is 2.32. The van der Waals surface area contributed by atoms with Crippen LogP contribution in [0.3, 0.4) is 0 Å². The summed E-state index contributed by atoms with van der Waals surface area (Å²) in [6.45, 7) is 1.76. The van der Waals surface area contributed by atoms with E-state index in [1.165, 1.54) is 23.1 Å². The highest BCUT2D eigenvalue weighted by Crippen LogP contribution is 2.29. The van der Waals surface area contributed by atoms with E-state index in [9.17, 15) is 14.0 Å². The number of aryl methyl sites for hydroxylation is 1. The lowest BCUT2D eigenvalue weighted by Crippen LogP contribution is -2.52. The fraction of sp³-hybridized carbons (Fsp3) is 0.333. The molecule has 0 bridgehead atoms. The minimum absolute atomic E-state index is 0.0379. The minimum atomic E-state index is -0.682. The summed E-state index contributed by atoms with van der Waals surface area (Å²) in [5.41, 5.74) is 2.04. The summed E-state index contributed by atoms with van der Waals surface area (Å²) in [5, 5.41) is 6.09. The summed E-state index contributed by atoms with van der Waals surface area (Å²) >= 11 is 6.02. The monoisotopic (exact) mass is 403 g/mol. The normalized spacial score (nSPS) is 17.6. The zero-order valence-corrected chi connectivity index (χ0v) is 16.6. The lowest BCUT2D eigenvalue weighted by Gasteiger charge is -2.27. The van der Waals surface area contributed by atoms with Crippen molar-refractivity contribution in [2.75, 3.05) is 11.9 Å². The lowest BCUT2D eigenvalue weighted by atomic mass is 10.1. The van der Waals surface area contributed by atoms with Crippen LogP contribution in [0.1, 0.15) is 24.5 Å². The molecule has 0 aromatic heterocycles. The van der Waals surface area contributed by atoms with E-state index in [1.807, 2.05) is 24.3 Å². The molecule has 148 valence electrons. The van der Waals surface area contributed by atoms with Crippen LogP contribution in [-0.2, 0) is 22.6 Å². The van der Waals surface area contributed by atoms with Crippen molar-refractivity contribution in [3.05, 3.63) is 64.4 Å². The van der Waals surface area contributed by atoms with Crippen LogP contribution >= 0.6 is 11.6 Å². The molecule has 0 saturated heterocycles. The van der Waals surface area contributed by atoms with Gasteiger partial charge in [0.05, 0.1) is 12.6 Å². The second-order valence-electron chi connectivity index (χ2n) is 6.90. The number of benzene rings is 2. The largest absolute Gasteiger partial charge is 0.343 e. The van der Waals surface area contributed by atoms with E-state index >= 15 is 0 Å². The van der Waals surface area contributed by atoms with Gasteiger partial charge in [0.15, 0.2) is 0 Å². The first kappa shape index (κ1) is 20.3. The van der Waals surface area contributed by atoms with Crippen LogP contribution in [-0.4, -0.2) is 30.9 Å². The van der Waals surface area contributed by atoms with Crippen molar-refractivity contribution in [3.8, 4) is 0 Å². The van der Waals surface area contributed by atoms with Crippen molar-refractivity contribution in [3.63, 3.8) is 0 Å². The predicted octanol–water partition coefficient (Wildman–Crippen LogP) is 3.05. The standard InChI is InChI=1S/C21H23ClFN3O2/c1-13(24-2)20(27)25-18-10-7-14-5-3-4-6-19(14)26(21(18)28)12-15-11-16(22)8-9-17(15)23/h3-6,8-9,11,13,18,24H,7,10,12H2,1-2H3,(H,25,27)/t13?,18-/m0/s1. The van der Waals surface area contributed by atoms with Crippen molar-refractivity contribution in [1.82, 2.24) is 10.6 Å². The first-order valence-electron chi connectivity index (χ1n) is 9.21. The van der Waals surface area contributed by atoms with Gasteiger partial charge in [0.2, 0.25) is 11.8 Å². The van der Waals surface area contributed by atoms with Gasteiger partial charge in [-0.3, -0.25) is 9.59 Å². The molecule has 2 aromatic rings. The van der Waals surface area contributed by atoms with Gasteiger partial charge in [-0.2, -0.15) is 0 Å². The van der Waals surface area contributed by atoms with Crippen molar-refractivity contribution in [2.24, 2.45) is 0 Å². The Balaban J connectivity index is 1.94. The number of halogens is 2. The Kier molecular flexibility index (Phi) is 6.31. The Morgan fingerprint density at radius 1 is 1.32 bits per heavy atom. The third-order valence-electron chi connectivity index (χ3n) is 5.03. The summed E-state index contributed by atoms with van der Waals surface area (Å²) in [4.78, 5) is 27.1. The van der Waals surface area contributed by atoms with Crippen LogP contribution in [0.2, 0.25) is 5.02 Å². The topological polar surface area (TPSA) is 61.4 Å². The van der Waals surface area contributed by atoms with Gasteiger partial charge < -0.3 is 15.5 Å². The number of hydrogen-bond acceptors (Lipinski definition) is 3. The predicted molar refractivity (Wildman–Crippen MR) is 108 cm³/mol. The van der Waals surface area contributed by atoms with Gasteiger partial charge in [0, 0.05) is 16.3 Å². The number of rotatable bonds is 5. The Hall–Kier alpha value is -2.44. The van der Waals surface area contributed by atoms with Gasteiger partial charge >= 0.3 is 0 Å². The first-order chi connectivity index (χ1) is 13.4. The first-order valence-corrected chi connectivity index (χ1v) is 9.59. The number of nitrogens with zero attached hydrogens (tertiary/aromatic N) is 1. The third-order valence-corrected chi connectivity index (χ3v) is 5.26. The molecule has 0 spiro atoms. The number of para-hydroxylation sites is 1. The second-order valence-corrected chi connectivity index (χ2v) is 7.34. The Morgan fingerprint density at radius 3 is 2.82 bits per heavy atom. The quantitative estimate of drug-likeness (QED) is 0.806. The molecule has 1 heterocycles. The highest BCUT2D eigenvalue weighted by atomic mass is 35.5. The van der Waals surface area contributed by atoms with E-state index < -0.39 is 17.9 Å². The average molecular weight is 404 g/mol. The van der Waals surface area contributed by atoms with E-state index in [2.05, 4.69) is 10.6 Å². The molecular formula is C21H23ClFN3O2. The molecule has 0 fully saturated rings. The number of carbonyl (C=O) groups is 2. The van der Waals surface area contributed by atoms with E-state index in [1.54, 1.807) is 14.0 Å². The Bertz CT molecular complexity index is 890. The molecule has 2 N–H and O–H groups in total. The van der Waals surface area contributed by atoms with Crippen LogP contribution in [0, 0.1) is 5.82 Å². The summed E-state index contributed by atoms with van der Waals surface area (Å²) in [6, 6.07) is 10.7. The van der Waals surface area contributed by atoms with Gasteiger partial charge in [0.25, 0.3) is 0 Å². The molecule has 2 atom stereocenters. The number of fused-ring (bicyclic) bond motifs is 1. The molecule has 2 amide bonds. The number of anilines is 1. The lowest BCUT2D eigenvalue weighted by molar-refractivity contribution is -0.128. The third kappa shape index (κ3) is 4.34. The number of hydrogen-bond donors (Lipinski definition) is 2. The SMILES string of the molecule is CNC(C)C(=O)N[C@H]1CCc2ccccc2N(Cc2cc(Cl)ccc2F)C1=O. The fourth-order valence-electron chi connectivity index (χ4n) is 3.28. The highest BCUT2D eigenvalue weighted by molar-refractivity contribution is 6.30. The van der Waals surface area contributed by atoms with Crippen LogP contribution in [0.4, 0.5) is 10.1 Å². The number of likely N-dealkylation sites (N-methyl/N-ethyl adjacent to an activating group) is 1. The molecule has 1 aliphatic rings. The van der Waals surface area contributed by atoms with Gasteiger partial charge in [-0.15, -0.1) is 0 Å². The molecule has 5 nitrogen and oxygen atoms in total. The molecule has 2 aromatic carbocycles. The van der Waals surface area contributed by atoms with E-state index in [0.717, 1.165) is 11.3 Å². The molecule has 3 rings (SSSR count). The molecule has 28 heavy (non-hydrogen) atoms. The zero-order valence-electron chi connectivity index (χ0n) is 15.8. The fourth-order valence-corrected chi connectivity index (χ4v) is 3.47. The van der Waals surface area contributed by atoms with Crippen LogP contribution in [0.15, 0.2) is 42.5 Å². The van der Waals surface area contributed by atoms with Crippen molar-refractivity contribution >= 4 is 29.1 Å². The van der Waals surface area contributed by atoms with Gasteiger partial charge in [-0.25, -0.2) is 4.39 Å². The molecule has 0 radical (unpaired) electrons. The van der Waals surface area contributed by atoms with E-state index in [-0.39, 0.29) is 18.4 Å². The smallest absolute Gasteiger partial charge is 0.249 e. The number of nitrogens with one attached hydrogen (secondary N) is 2. The summed E-state index contributed by atoms with van der Waals surface area (Å²) in [5.74, 6) is -0.940. The second kappa shape index (κ2) is 8.71. The van der Waals surface area contributed by atoms with Gasteiger partial charge in [0.1, 0.15) is 11.9 Å². The Labute approximate surface area is 168 Å². The van der Waals surface area contributed by atoms with Gasteiger partial charge in [-0.1, -0.05) is 29.8 Å². The maximum absolute atomic E-state index is 14.3. The van der Waals surface area contributed by atoms with Crippen LogP contribution < -0.4 is 15.5 Å². The van der Waals surface area contributed by atoms with Crippen LogP contribution in [0.25, 0.3) is 0 Å². The van der Waals surface area contributed by atoms with Crippen molar-refractivity contribution < 1.29 is 14.0 Å². The molecule has 0 saturated carbocycles. The Morgan fingerprint density at radius 2 is 2.07 bits per heavy atom. The van der Waals surface area contributed by atoms with Gasteiger partial charge in [-0.05, 0) is 56.6 Å². The molecule has 1 aliphatic heterocycles. The van der Waals surface area contributed by atoms with E-state index in [4.69, 9.17) is 11.6 Å². The number of amides is 2. The average Bonchev–Trinajstić information content (AvgIpc) is 2.82. The molecular weight excluding hydrogens is 381 g/mol. The molecule has 7 heteroatoms. The molecule has 0 aliphatic carbocycles. The maximum atomic E-state index is 14.3.